The Hall–Kier alpha value is -3.80. The van der Waals surface area contributed by atoms with Gasteiger partial charge in [0, 0.05) is 24.4 Å². The van der Waals surface area contributed by atoms with Gasteiger partial charge in [-0.05, 0) is 88.1 Å². The molecule has 1 saturated heterocycles. The number of nitrogens with zero attached hydrogens (tertiary/aromatic N) is 2. The summed E-state index contributed by atoms with van der Waals surface area (Å²) in [5.41, 5.74) is -1.96. The molecule has 2 saturated carbocycles. The molecule has 0 radical (unpaired) electrons. The molecule has 12 heteroatoms. The van der Waals surface area contributed by atoms with Crippen LogP contribution in [0, 0.1) is 29.1 Å². The molecular formula is C39H51N3O8S. The highest BCUT2D eigenvalue weighted by molar-refractivity contribution is 7.90. The number of hydrogen-bond donors (Lipinski definition) is 1. The van der Waals surface area contributed by atoms with Crippen LogP contribution in [0.3, 0.4) is 0 Å². The van der Waals surface area contributed by atoms with E-state index in [1.54, 1.807) is 27.0 Å². The summed E-state index contributed by atoms with van der Waals surface area (Å²) in [6.45, 7) is 9.50. The molecule has 1 aromatic carbocycles. The molecule has 0 bridgehead atoms. The minimum Gasteiger partial charge on any atom is -0.472 e. The molecule has 0 unspecified atom stereocenters. The Kier molecular flexibility index (Phi) is 10.4. The quantitative estimate of drug-likeness (QED) is 0.288. The van der Waals surface area contributed by atoms with E-state index in [0.717, 1.165) is 23.6 Å². The van der Waals surface area contributed by atoms with E-state index in [2.05, 4.69) is 22.7 Å². The number of aromatic nitrogens is 1. The smallest absolute Gasteiger partial charge is 0.307 e. The highest BCUT2D eigenvalue weighted by atomic mass is 32.2. The van der Waals surface area contributed by atoms with Crippen LogP contribution < -0.4 is 9.46 Å². The molecule has 276 valence electrons. The van der Waals surface area contributed by atoms with Crippen LogP contribution in [0.1, 0.15) is 92.4 Å². The number of ketones is 1. The number of Topliss-reactive ketones (excluding diaryl/α,β-unsaturated/α-hetero) is 1. The maximum atomic E-state index is 14.7. The van der Waals surface area contributed by atoms with Crippen LogP contribution >= 0.6 is 0 Å². The van der Waals surface area contributed by atoms with E-state index in [0.29, 0.717) is 31.6 Å². The van der Waals surface area contributed by atoms with Crippen molar-refractivity contribution in [3.8, 4) is 5.88 Å². The van der Waals surface area contributed by atoms with Crippen LogP contribution in [0.5, 0.6) is 5.88 Å². The van der Waals surface area contributed by atoms with Gasteiger partial charge >= 0.3 is 5.97 Å². The highest BCUT2D eigenvalue weighted by Gasteiger charge is 2.61. The summed E-state index contributed by atoms with van der Waals surface area (Å²) in [6, 6.07) is 8.61. The third-order valence-corrected chi connectivity index (χ3v) is 12.7. The summed E-state index contributed by atoms with van der Waals surface area (Å²) in [4.78, 5) is 62.2. The predicted octanol–water partition coefficient (Wildman–Crippen LogP) is 5.52. The monoisotopic (exact) mass is 721 g/mol. The molecule has 1 N–H and O–H groups in total. The Morgan fingerprint density at radius 2 is 1.78 bits per heavy atom. The van der Waals surface area contributed by atoms with Gasteiger partial charge in [0.1, 0.15) is 11.7 Å². The van der Waals surface area contributed by atoms with Gasteiger partial charge in [0.25, 0.3) is 0 Å². The van der Waals surface area contributed by atoms with Crippen molar-refractivity contribution in [3.63, 3.8) is 0 Å². The number of sulfonamides is 1. The molecule has 3 fully saturated rings. The largest absolute Gasteiger partial charge is 0.472 e. The Morgan fingerprint density at radius 1 is 1.04 bits per heavy atom. The van der Waals surface area contributed by atoms with Gasteiger partial charge < -0.3 is 14.4 Å². The van der Waals surface area contributed by atoms with Gasteiger partial charge in [-0.2, -0.15) is 0 Å². The predicted molar refractivity (Wildman–Crippen MR) is 192 cm³/mol. The van der Waals surface area contributed by atoms with Crippen LogP contribution in [0.15, 0.2) is 48.7 Å². The van der Waals surface area contributed by atoms with Crippen molar-refractivity contribution in [2.75, 3.05) is 6.54 Å². The fourth-order valence-corrected chi connectivity index (χ4v) is 9.10. The molecule has 2 aliphatic carbocycles. The number of rotatable bonds is 7. The molecule has 0 spiro atoms. The number of allylic oxidation sites excluding steroid dienone is 2. The third-order valence-electron chi connectivity index (χ3n) is 10.9. The maximum Gasteiger partial charge on any atom is 0.307 e. The maximum absolute atomic E-state index is 14.7. The van der Waals surface area contributed by atoms with Crippen molar-refractivity contribution >= 4 is 44.4 Å². The average Bonchev–Trinajstić information content (AvgIpc) is 3.98. The fraction of sp³-hybridized carbons (Fsp3) is 0.615. The summed E-state index contributed by atoms with van der Waals surface area (Å²) in [7, 11) is -3.84. The minimum absolute atomic E-state index is 0.0906. The van der Waals surface area contributed by atoms with Gasteiger partial charge in [0.05, 0.1) is 35.6 Å². The first-order chi connectivity index (χ1) is 24.1. The number of pyridine rings is 1. The van der Waals surface area contributed by atoms with E-state index in [1.165, 1.54) is 4.90 Å². The molecule has 2 aromatic rings. The van der Waals surface area contributed by atoms with Gasteiger partial charge in [-0.3, -0.25) is 23.9 Å². The number of nitrogens with one attached hydrogen (secondary N) is 1. The van der Waals surface area contributed by atoms with Crippen molar-refractivity contribution in [1.29, 1.82) is 0 Å². The summed E-state index contributed by atoms with van der Waals surface area (Å²) < 4.78 is 40.1. The van der Waals surface area contributed by atoms with E-state index >= 15 is 0 Å². The Labute approximate surface area is 301 Å². The minimum atomic E-state index is -3.84. The zero-order valence-corrected chi connectivity index (χ0v) is 31.1. The lowest BCUT2D eigenvalue weighted by molar-refractivity contribution is -0.159. The fourth-order valence-electron chi connectivity index (χ4n) is 7.72. The topological polar surface area (TPSA) is 149 Å². The highest BCUT2D eigenvalue weighted by Crippen LogP contribution is 2.57. The summed E-state index contributed by atoms with van der Waals surface area (Å²) in [5, 5.41) is 1.15. The molecule has 2 amide bonds. The Balaban J connectivity index is 1.34. The van der Waals surface area contributed by atoms with Crippen molar-refractivity contribution < 1.29 is 37.1 Å². The number of hydrogen-bond acceptors (Lipinski definition) is 9. The Bertz CT molecular complexity index is 1810. The second-order valence-corrected chi connectivity index (χ2v) is 18.2. The van der Waals surface area contributed by atoms with Crippen LogP contribution in [-0.4, -0.2) is 71.4 Å². The van der Waals surface area contributed by atoms with Gasteiger partial charge in [-0.1, -0.05) is 50.6 Å². The van der Waals surface area contributed by atoms with Gasteiger partial charge in [-0.15, -0.1) is 0 Å². The summed E-state index contributed by atoms with van der Waals surface area (Å²) in [5.74, 6) is -2.47. The van der Waals surface area contributed by atoms with E-state index in [1.807, 2.05) is 43.3 Å². The van der Waals surface area contributed by atoms with Crippen LogP contribution in [0.25, 0.3) is 10.8 Å². The number of amides is 2. The second-order valence-electron chi connectivity index (χ2n) is 16.3. The van der Waals surface area contributed by atoms with Gasteiger partial charge in [0.15, 0.2) is 5.78 Å². The van der Waals surface area contributed by atoms with Crippen LogP contribution in [0.4, 0.5) is 0 Å². The zero-order chi connectivity index (χ0) is 36.7. The third kappa shape index (κ3) is 8.47. The molecule has 3 heterocycles. The normalized spacial score (nSPS) is 31.1. The van der Waals surface area contributed by atoms with E-state index in [9.17, 15) is 27.6 Å². The summed E-state index contributed by atoms with van der Waals surface area (Å²) >= 11 is 0. The van der Waals surface area contributed by atoms with Crippen LogP contribution in [-0.2, 0) is 33.9 Å². The first-order valence-corrected chi connectivity index (χ1v) is 19.9. The number of esters is 1. The molecular weight excluding hydrogens is 671 g/mol. The first-order valence-electron chi connectivity index (χ1n) is 18.4. The molecule has 4 aliphatic rings. The number of benzene rings is 1. The molecule has 51 heavy (non-hydrogen) atoms. The molecule has 11 nitrogen and oxygen atoms in total. The van der Waals surface area contributed by atoms with Crippen molar-refractivity contribution in [1.82, 2.24) is 14.6 Å². The number of fused-ring (bicyclic) bond motifs is 3. The number of ether oxygens (including phenoxy) is 2. The van der Waals surface area contributed by atoms with Crippen molar-refractivity contribution in [2.24, 2.45) is 29.1 Å². The molecule has 7 atom stereocenters. The lowest BCUT2D eigenvalue weighted by Crippen LogP contribution is -2.47. The second kappa shape index (κ2) is 14.3. The van der Waals surface area contributed by atoms with Crippen molar-refractivity contribution in [3.05, 3.63) is 48.7 Å². The number of carbonyl (C=O) groups excluding carboxylic acids is 4. The summed E-state index contributed by atoms with van der Waals surface area (Å²) in [6.07, 6.45) is 8.57. The Morgan fingerprint density at radius 3 is 2.51 bits per heavy atom. The SMILES string of the molecule is C[C@@H]1CCC[C@@H](C)/C=C\[C@@H]2C[C@@]2(C(=O)NS(=O)(=O)C2CC2)CC(=O)[C@@H]2C[C@@H](Oc3nccc4ccccc34)CN2C(=O)[C@H]1CC(=O)OC(C)(C)C. The zero-order valence-electron chi connectivity index (χ0n) is 30.3. The van der Waals surface area contributed by atoms with Gasteiger partial charge in [-0.25, -0.2) is 13.4 Å². The molecule has 1 aromatic heterocycles. The van der Waals surface area contributed by atoms with E-state index in [-0.39, 0.29) is 55.3 Å². The van der Waals surface area contributed by atoms with E-state index < -0.39 is 56.2 Å². The number of carbonyl (C=O) groups is 4. The molecule has 2 aliphatic heterocycles. The first kappa shape index (κ1) is 37.0. The lowest BCUT2D eigenvalue weighted by Gasteiger charge is -2.32. The van der Waals surface area contributed by atoms with E-state index in [4.69, 9.17) is 9.47 Å². The van der Waals surface area contributed by atoms with Gasteiger partial charge in [0.2, 0.25) is 27.7 Å². The standard InChI is InChI=1S/C39H51N3O8S/c1-24-9-8-10-25(2)31(20-34(44)50-38(3,4)5)36(45)42-23-28(49-35-30-12-7-6-11-26(30)17-18-40-35)19-32(42)33(43)22-39(21-27(39)14-13-24)37(46)41-51(47,48)29-15-16-29/h6-7,11-14,17-18,24-25,27-29,31-32H,8-10,15-16,19-23H2,1-5H3,(H,41,46)/b14-13-/t24-,25-,27-,28-,31+,32+,39-/m1/s1. The average molecular weight is 722 g/mol. The lowest BCUT2D eigenvalue weighted by atomic mass is 9.84. The molecule has 6 rings (SSSR count). The van der Waals surface area contributed by atoms with Crippen LogP contribution in [0.2, 0.25) is 0 Å². The van der Waals surface area contributed by atoms with Crippen molar-refractivity contribution in [2.45, 2.75) is 115 Å².